The van der Waals surface area contributed by atoms with Crippen molar-refractivity contribution in [1.82, 2.24) is 4.98 Å². The number of para-hydroxylation sites is 1. The zero-order valence-electron chi connectivity index (χ0n) is 18.1. The van der Waals surface area contributed by atoms with Gasteiger partial charge in [0.05, 0.1) is 15.5 Å². The average Bonchev–Trinajstić information content (AvgIpc) is 3.31. The third-order valence-corrected chi connectivity index (χ3v) is 7.75. The fourth-order valence-corrected chi connectivity index (χ4v) is 5.49. The molecule has 4 aromatic rings. The molecule has 3 aromatic carbocycles. The van der Waals surface area contributed by atoms with Gasteiger partial charge < -0.3 is 14.2 Å². The maximum atomic E-state index is 13.5. The van der Waals surface area contributed by atoms with Crippen LogP contribution in [0, 0.1) is 5.82 Å². The average molecular weight is 498 g/mol. The van der Waals surface area contributed by atoms with Gasteiger partial charge in [-0.25, -0.2) is 12.8 Å². The molecule has 6 nitrogen and oxygen atoms in total. The van der Waals surface area contributed by atoms with E-state index in [-0.39, 0.29) is 21.7 Å². The Morgan fingerprint density at radius 3 is 2.12 bits per heavy atom. The highest BCUT2D eigenvalue weighted by atomic mass is 35.5. The molecule has 0 amide bonds. The summed E-state index contributed by atoms with van der Waals surface area (Å²) in [6, 6.07) is 21.7. The first kappa shape index (κ1) is 22.4. The van der Waals surface area contributed by atoms with E-state index in [1.807, 2.05) is 35.2 Å². The number of hydrogen-bond donors (Lipinski definition) is 0. The second kappa shape index (κ2) is 9.12. The number of aromatic nitrogens is 1. The summed E-state index contributed by atoms with van der Waals surface area (Å²) in [6.07, 6.45) is 0. The van der Waals surface area contributed by atoms with Crippen molar-refractivity contribution in [3.05, 3.63) is 89.7 Å². The van der Waals surface area contributed by atoms with Gasteiger partial charge in [-0.1, -0.05) is 41.9 Å². The van der Waals surface area contributed by atoms with Crippen LogP contribution < -0.4 is 9.80 Å². The molecule has 0 N–H and O–H groups in total. The van der Waals surface area contributed by atoms with Crippen molar-refractivity contribution in [3.8, 4) is 11.5 Å². The molecule has 34 heavy (non-hydrogen) atoms. The Labute approximate surface area is 202 Å². The first-order chi connectivity index (χ1) is 16.4. The smallest absolute Gasteiger partial charge is 0.236 e. The standard InChI is InChI=1S/C25H21ClFN3O3S/c26-22-9-5-4-8-21(22)23-28-24(34(31,32)20-12-10-18(27)11-13-20)25(33-23)30-16-14-29(15-17-30)19-6-2-1-3-7-19/h1-13H,14-17H2. The van der Waals surface area contributed by atoms with Crippen LogP contribution in [0.3, 0.4) is 0 Å². The van der Waals surface area contributed by atoms with Crippen molar-refractivity contribution in [3.63, 3.8) is 0 Å². The largest absolute Gasteiger partial charge is 0.419 e. The molecule has 0 saturated carbocycles. The summed E-state index contributed by atoms with van der Waals surface area (Å²) in [5.74, 6) is -0.244. The Balaban J connectivity index is 1.53. The van der Waals surface area contributed by atoms with Crippen LogP contribution in [0.4, 0.5) is 16.0 Å². The highest BCUT2D eigenvalue weighted by molar-refractivity contribution is 7.91. The van der Waals surface area contributed by atoms with Gasteiger partial charge in [-0.15, -0.1) is 0 Å². The van der Waals surface area contributed by atoms with Crippen LogP contribution in [0.25, 0.3) is 11.5 Å². The van der Waals surface area contributed by atoms with Crippen LogP contribution in [-0.4, -0.2) is 39.6 Å². The summed E-state index contributed by atoms with van der Waals surface area (Å²) < 4.78 is 46.5. The van der Waals surface area contributed by atoms with E-state index in [9.17, 15) is 12.8 Å². The van der Waals surface area contributed by atoms with Crippen molar-refractivity contribution in [2.24, 2.45) is 0 Å². The molecule has 1 aliphatic rings. The molecule has 0 bridgehead atoms. The van der Waals surface area contributed by atoms with Crippen molar-refractivity contribution in [1.29, 1.82) is 0 Å². The van der Waals surface area contributed by atoms with Gasteiger partial charge in [0.2, 0.25) is 26.6 Å². The summed E-state index contributed by atoms with van der Waals surface area (Å²) in [5, 5.41) is 0.192. The highest BCUT2D eigenvalue weighted by Gasteiger charge is 2.33. The van der Waals surface area contributed by atoms with E-state index in [0.717, 1.165) is 17.8 Å². The monoisotopic (exact) mass is 497 g/mol. The lowest BCUT2D eigenvalue weighted by atomic mass is 10.2. The molecule has 1 saturated heterocycles. The van der Waals surface area contributed by atoms with Gasteiger partial charge in [-0.2, -0.15) is 4.98 Å². The molecular formula is C25H21ClFN3O3S. The van der Waals surface area contributed by atoms with E-state index >= 15 is 0 Å². The Hall–Kier alpha value is -3.36. The summed E-state index contributed by atoms with van der Waals surface area (Å²) in [4.78, 5) is 8.43. The molecule has 1 aromatic heterocycles. The molecule has 1 aliphatic heterocycles. The first-order valence-corrected chi connectivity index (χ1v) is 12.6. The quantitative estimate of drug-likeness (QED) is 0.349. The lowest BCUT2D eigenvalue weighted by Gasteiger charge is -2.36. The van der Waals surface area contributed by atoms with Crippen LogP contribution in [-0.2, 0) is 9.84 Å². The molecule has 0 atom stereocenters. The normalized spacial score (nSPS) is 14.4. The van der Waals surface area contributed by atoms with Crippen molar-refractivity contribution in [2.75, 3.05) is 36.0 Å². The zero-order valence-corrected chi connectivity index (χ0v) is 19.6. The molecular weight excluding hydrogens is 477 g/mol. The van der Waals surface area contributed by atoms with Crippen molar-refractivity contribution in [2.45, 2.75) is 9.92 Å². The van der Waals surface area contributed by atoms with Crippen LogP contribution in [0.15, 0.2) is 93.2 Å². The second-order valence-corrected chi connectivity index (χ2v) is 10.1. The summed E-state index contributed by atoms with van der Waals surface area (Å²) in [7, 11) is -4.07. The van der Waals surface area contributed by atoms with Gasteiger partial charge in [-0.3, -0.25) is 0 Å². The SMILES string of the molecule is O=S(=O)(c1ccc(F)cc1)c1nc(-c2ccccc2Cl)oc1N1CCN(c2ccccc2)CC1. The Kier molecular flexibility index (Phi) is 6.02. The Bertz CT molecular complexity index is 1400. The molecule has 1 fully saturated rings. The fraction of sp³-hybridized carbons (Fsp3) is 0.160. The maximum Gasteiger partial charge on any atom is 0.236 e. The number of sulfone groups is 1. The predicted octanol–water partition coefficient (Wildman–Crippen LogP) is 5.29. The lowest BCUT2D eigenvalue weighted by molar-refractivity contribution is 0.525. The van der Waals surface area contributed by atoms with E-state index in [0.29, 0.717) is 36.8 Å². The lowest BCUT2D eigenvalue weighted by Crippen LogP contribution is -2.46. The van der Waals surface area contributed by atoms with Crippen LogP contribution in [0.5, 0.6) is 0 Å². The molecule has 0 aliphatic carbocycles. The second-order valence-electron chi connectivity index (χ2n) is 7.88. The van der Waals surface area contributed by atoms with E-state index < -0.39 is 15.7 Å². The molecule has 2 heterocycles. The molecule has 0 unspecified atom stereocenters. The number of nitrogens with zero attached hydrogens (tertiary/aromatic N) is 3. The van der Waals surface area contributed by atoms with Crippen molar-refractivity contribution >= 4 is 33.0 Å². The number of benzene rings is 3. The minimum absolute atomic E-state index is 0.0583. The summed E-state index contributed by atoms with van der Waals surface area (Å²) in [6.45, 7) is 2.44. The van der Waals surface area contributed by atoms with Gasteiger partial charge >= 0.3 is 0 Å². The van der Waals surface area contributed by atoms with Gasteiger partial charge in [0.15, 0.2) is 0 Å². The van der Waals surface area contributed by atoms with Crippen LogP contribution in [0.2, 0.25) is 5.02 Å². The minimum atomic E-state index is -4.07. The number of oxazole rings is 1. The minimum Gasteiger partial charge on any atom is -0.419 e. The molecule has 9 heteroatoms. The van der Waals surface area contributed by atoms with E-state index in [1.54, 1.807) is 24.3 Å². The summed E-state index contributed by atoms with van der Waals surface area (Å²) >= 11 is 6.33. The molecule has 5 rings (SSSR count). The molecule has 0 spiro atoms. The number of halogens is 2. The van der Waals surface area contributed by atoms with Crippen molar-refractivity contribution < 1.29 is 17.2 Å². The van der Waals surface area contributed by atoms with E-state index in [1.165, 1.54) is 12.1 Å². The summed E-state index contributed by atoms with van der Waals surface area (Å²) in [5.41, 5.74) is 1.60. The van der Waals surface area contributed by atoms with Gasteiger partial charge in [-0.05, 0) is 48.5 Å². The fourth-order valence-electron chi connectivity index (χ4n) is 3.95. The van der Waals surface area contributed by atoms with Crippen LogP contribution in [0.1, 0.15) is 0 Å². The third-order valence-electron chi connectivity index (χ3n) is 5.75. The van der Waals surface area contributed by atoms with Gasteiger partial charge in [0.1, 0.15) is 5.82 Å². The first-order valence-electron chi connectivity index (χ1n) is 10.7. The number of piperazine rings is 1. The maximum absolute atomic E-state index is 13.5. The third kappa shape index (κ3) is 4.26. The highest BCUT2D eigenvalue weighted by Crippen LogP contribution is 2.37. The number of hydrogen-bond acceptors (Lipinski definition) is 6. The van der Waals surface area contributed by atoms with E-state index in [2.05, 4.69) is 9.88 Å². The van der Waals surface area contributed by atoms with Gasteiger partial charge in [0.25, 0.3) is 0 Å². The predicted molar refractivity (Wildman–Crippen MR) is 130 cm³/mol. The molecule has 174 valence electrons. The number of anilines is 2. The topological polar surface area (TPSA) is 66.7 Å². The molecule has 0 radical (unpaired) electrons. The zero-order chi connectivity index (χ0) is 23.7. The Morgan fingerprint density at radius 2 is 1.44 bits per heavy atom. The van der Waals surface area contributed by atoms with Crippen LogP contribution >= 0.6 is 11.6 Å². The number of rotatable bonds is 5. The Morgan fingerprint density at radius 1 is 0.824 bits per heavy atom. The van der Waals surface area contributed by atoms with Gasteiger partial charge in [0, 0.05) is 31.9 Å². The van der Waals surface area contributed by atoms with E-state index in [4.69, 9.17) is 16.0 Å².